The maximum Gasteiger partial charge on any atom is 0.326 e. The number of carbonyl (C=O) groups is 2. The van der Waals surface area contributed by atoms with Gasteiger partial charge in [0.2, 0.25) is 5.91 Å². The first-order chi connectivity index (χ1) is 8.10. The SMILES string of the molecule is CCC1(C(=O)N2CCC[C@H]2C(=O)O)CCNC1. The van der Waals surface area contributed by atoms with E-state index in [0.717, 1.165) is 25.8 Å². The van der Waals surface area contributed by atoms with Crippen LogP contribution in [-0.2, 0) is 9.59 Å². The molecular formula is C12H20N2O3. The van der Waals surface area contributed by atoms with Crippen molar-refractivity contribution in [1.82, 2.24) is 10.2 Å². The number of nitrogens with one attached hydrogen (secondary N) is 1. The molecule has 0 aromatic carbocycles. The van der Waals surface area contributed by atoms with Crippen LogP contribution in [0.1, 0.15) is 32.6 Å². The predicted molar refractivity (Wildman–Crippen MR) is 62.6 cm³/mol. The maximum absolute atomic E-state index is 12.5. The molecule has 0 radical (unpaired) electrons. The second kappa shape index (κ2) is 4.64. The zero-order valence-corrected chi connectivity index (χ0v) is 10.2. The highest BCUT2D eigenvalue weighted by Crippen LogP contribution is 2.34. The van der Waals surface area contributed by atoms with Crippen LogP contribution in [0.25, 0.3) is 0 Å². The third-order valence-electron chi connectivity index (χ3n) is 4.17. The van der Waals surface area contributed by atoms with Crippen LogP contribution in [0, 0.1) is 5.41 Å². The van der Waals surface area contributed by atoms with Gasteiger partial charge in [-0.25, -0.2) is 4.79 Å². The first kappa shape index (κ1) is 12.4. The van der Waals surface area contributed by atoms with E-state index in [-0.39, 0.29) is 11.3 Å². The van der Waals surface area contributed by atoms with Gasteiger partial charge in [-0.05, 0) is 32.2 Å². The standard InChI is InChI=1S/C12H20N2O3/c1-2-12(5-6-13-8-12)11(17)14-7-3-4-9(14)10(15)16/h9,13H,2-8H2,1H3,(H,15,16)/t9-,12?/m0/s1. The minimum Gasteiger partial charge on any atom is -0.480 e. The Bertz CT molecular complexity index is 324. The van der Waals surface area contributed by atoms with Crippen molar-refractivity contribution >= 4 is 11.9 Å². The highest BCUT2D eigenvalue weighted by Gasteiger charge is 2.46. The summed E-state index contributed by atoms with van der Waals surface area (Å²) in [5.74, 6) is -0.831. The Balaban J connectivity index is 2.15. The maximum atomic E-state index is 12.5. The summed E-state index contributed by atoms with van der Waals surface area (Å²) >= 11 is 0. The fourth-order valence-corrected chi connectivity index (χ4v) is 2.95. The minimum absolute atomic E-state index is 0.0369. The van der Waals surface area contributed by atoms with Crippen LogP contribution in [0.3, 0.4) is 0 Å². The van der Waals surface area contributed by atoms with Crippen molar-refractivity contribution in [3.63, 3.8) is 0 Å². The van der Waals surface area contributed by atoms with Crippen LogP contribution in [0.5, 0.6) is 0 Å². The highest BCUT2D eigenvalue weighted by atomic mass is 16.4. The second-order valence-corrected chi connectivity index (χ2v) is 5.06. The van der Waals surface area contributed by atoms with Crippen molar-refractivity contribution in [2.45, 2.75) is 38.6 Å². The molecule has 2 atom stereocenters. The van der Waals surface area contributed by atoms with Gasteiger partial charge in [0.25, 0.3) is 0 Å². The van der Waals surface area contributed by atoms with E-state index < -0.39 is 12.0 Å². The van der Waals surface area contributed by atoms with Crippen molar-refractivity contribution in [2.75, 3.05) is 19.6 Å². The topological polar surface area (TPSA) is 69.6 Å². The normalized spacial score (nSPS) is 33.0. The van der Waals surface area contributed by atoms with E-state index in [0.29, 0.717) is 19.5 Å². The van der Waals surface area contributed by atoms with E-state index in [1.54, 1.807) is 4.90 Å². The van der Waals surface area contributed by atoms with Crippen LogP contribution in [0.2, 0.25) is 0 Å². The van der Waals surface area contributed by atoms with Crippen molar-refractivity contribution in [3.8, 4) is 0 Å². The Morgan fingerprint density at radius 1 is 1.53 bits per heavy atom. The summed E-state index contributed by atoms with van der Waals surface area (Å²) in [6.07, 6.45) is 3.00. The molecular weight excluding hydrogens is 220 g/mol. The van der Waals surface area contributed by atoms with Crippen LogP contribution >= 0.6 is 0 Å². The molecule has 2 aliphatic rings. The molecule has 5 nitrogen and oxygen atoms in total. The predicted octanol–water partition coefficient (Wildman–Crippen LogP) is 0.452. The number of amides is 1. The molecule has 2 rings (SSSR count). The zero-order valence-electron chi connectivity index (χ0n) is 10.2. The third kappa shape index (κ3) is 2.04. The second-order valence-electron chi connectivity index (χ2n) is 5.06. The molecule has 1 unspecified atom stereocenters. The number of carbonyl (C=O) groups excluding carboxylic acids is 1. The summed E-state index contributed by atoms with van der Waals surface area (Å²) in [7, 11) is 0. The van der Waals surface area contributed by atoms with Gasteiger partial charge in [-0.2, -0.15) is 0 Å². The monoisotopic (exact) mass is 240 g/mol. The van der Waals surface area contributed by atoms with Crippen molar-refractivity contribution in [3.05, 3.63) is 0 Å². The van der Waals surface area contributed by atoms with Crippen LogP contribution in [-0.4, -0.2) is 47.6 Å². The lowest BCUT2D eigenvalue weighted by atomic mass is 9.82. The smallest absolute Gasteiger partial charge is 0.326 e. The lowest BCUT2D eigenvalue weighted by Gasteiger charge is -2.32. The number of carboxylic acids is 1. The molecule has 2 heterocycles. The van der Waals surface area contributed by atoms with E-state index in [1.165, 1.54) is 0 Å². The molecule has 0 aliphatic carbocycles. The van der Waals surface area contributed by atoms with E-state index in [1.807, 2.05) is 6.92 Å². The molecule has 1 amide bonds. The van der Waals surface area contributed by atoms with Crippen LogP contribution in [0.15, 0.2) is 0 Å². The molecule has 0 saturated carbocycles. The summed E-state index contributed by atoms with van der Waals surface area (Å²) in [5, 5.41) is 12.3. The molecule has 2 fully saturated rings. The fourth-order valence-electron chi connectivity index (χ4n) is 2.95. The number of nitrogens with zero attached hydrogens (tertiary/aromatic N) is 1. The summed E-state index contributed by atoms with van der Waals surface area (Å²) in [4.78, 5) is 25.2. The van der Waals surface area contributed by atoms with Gasteiger partial charge in [-0.1, -0.05) is 6.92 Å². The summed E-state index contributed by atoms with van der Waals surface area (Å²) < 4.78 is 0. The summed E-state index contributed by atoms with van der Waals surface area (Å²) in [6, 6.07) is -0.605. The van der Waals surface area contributed by atoms with Gasteiger partial charge in [0.05, 0.1) is 5.41 Å². The molecule has 96 valence electrons. The summed E-state index contributed by atoms with van der Waals surface area (Å²) in [6.45, 7) is 4.14. The van der Waals surface area contributed by atoms with Gasteiger partial charge in [0, 0.05) is 13.1 Å². The fraction of sp³-hybridized carbons (Fsp3) is 0.833. The number of hydrogen-bond acceptors (Lipinski definition) is 3. The Hall–Kier alpha value is -1.10. The Labute approximate surface area is 101 Å². The number of hydrogen-bond donors (Lipinski definition) is 2. The molecule has 2 saturated heterocycles. The lowest BCUT2D eigenvalue weighted by Crippen LogP contribution is -2.49. The van der Waals surface area contributed by atoms with Crippen molar-refractivity contribution < 1.29 is 14.7 Å². The average Bonchev–Trinajstić information content (AvgIpc) is 2.98. The van der Waals surface area contributed by atoms with Crippen molar-refractivity contribution in [2.24, 2.45) is 5.41 Å². The number of aliphatic carboxylic acids is 1. The van der Waals surface area contributed by atoms with E-state index in [9.17, 15) is 9.59 Å². The lowest BCUT2D eigenvalue weighted by molar-refractivity contribution is -0.152. The van der Waals surface area contributed by atoms with Gasteiger partial charge < -0.3 is 15.3 Å². The Morgan fingerprint density at radius 3 is 2.82 bits per heavy atom. The molecule has 2 N–H and O–H groups in total. The van der Waals surface area contributed by atoms with Gasteiger partial charge in [0.15, 0.2) is 0 Å². The zero-order chi connectivity index (χ0) is 12.5. The van der Waals surface area contributed by atoms with Crippen LogP contribution in [0.4, 0.5) is 0 Å². The average molecular weight is 240 g/mol. The van der Waals surface area contributed by atoms with Crippen molar-refractivity contribution in [1.29, 1.82) is 0 Å². The quantitative estimate of drug-likeness (QED) is 0.751. The molecule has 0 spiro atoms. The largest absolute Gasteiger partial charge is 0.480 e. The molecule has 0 aromatic rings. The van der Waals surface area contributed by atoms with Gasteiger partial charge in [0.1, 0.15) is 6.04 Å². The van der Waals surface area contributed by atoms with Gasteiger partial charge >= 0.3 is 5.97 Å². The van der Waals surface area contributed by atoms with Gasteiger partial charge in [-0.3, -0.25) is 4.79 Å². The first-order valence-electron chi connectivity index (χ1n) is 6.35. The van der Waals surface area contributed by atoms with E-state index in [4.69, 9.17) is 5.11 Å². The molecule has 0 bridgehead atoms. The highest BCUT2D eigenvalue weighted by molar-refractivity contribution is 5.88. The Morgan fingerprint density at radius 2 is 2.29 bits per heavy atom. The van der Waals surface area contributed by atoms with E-state index in [2.05, 4.69) is 5.32 Å². The molecule has 5 heteroatoms. The molecule has 2 aliphatic heterocycles. The Kier molecular flexibility index (Phi) is 3.38. The number of carboxylic acid groups (broad SMARTS) is 1. The molecule has 17 heavy (non-hydrogen) atoms. The van der Waals surface area contributed by atoms with Crippen LogP contribution < -0.4 is 5.32 Å². The van der Waals surface area contributed by atoms with Gasteiger partial charge in [-0.15, -0.1) is 0 Å². The minimum atomic E-state index is -0.868. The van der Waals surface area contributed by atoms with E-state index >= 15 is 0 Å². The summed E-state index contributed by atoms with van der Waals surface area (Å²) in [5.41, 5.74) is -0.363. The third-order valence-corrected chi connectivity index (χ3v) is 4.17. The first-order valence-corrected chi connectivity index (χ1v) is 6.35. The molecule has 0 aromatic heterocycles. The number of likely N-dealkylation sites (tertiary alicyclic amines) is 1. The number of rotatable bonds is 3.